The molecule has 5 nitrogen and oxygen atoms in total. The van der Waals surface area contributed by atoms with E-state index in [1.165, 1.54) is 13.2 Å². The summed E-state index contributed by atoms with van der Waals surface area (Å²) in [5, 5.41) is 0. The Hall–Kier alpha value is -2.60. The lowest BCUT2D eigenvalue weighted by Crippen LogP contribution is -2.12. The summed E-state index contributed by atoms with van der Waals surface area (Å²) in [5.41, 5.74) is 1.22. The average Bonchev–Trinajstić information content (AvgIpc) is 2.64. The Morgan fingerprint density at radius 3 is 2.56 bits per heavy atom. The van der Waals surface area contributed by atoms with Crippen molar-refractivity contribution < 1.29 is 23.8 Å². The maximum atomic E-state index is 12.1. The fourth-order valence-corrected chi connectivity index (χ4v) is 2.56. The molecule has 0 saturated heterocycles. The van der Waals surface area contributed by atoms with Crippen LogP contribution in [0.4, 0.5) is 0 Å². The van der Waals surface area contributed by atoms with E-state index in [0.29, 0.717) is 21.5 Å². The van der Waals surface area contributed by atoms with Crippen LogP contribution in [0.1, 0.15) is 15.9 Å². The lowest BCUT2D eigenvalue weighted by molar-refractivity contribution is -0.136. The van der Waals surface area contributed by atoms with Gasteiger partial charge in [0.1, 0.15) is 11.5 Å². The normalized spacial score (nSPS) is 10.5. The number of methoxy groups -OCH3 is 2. The monoisotopic (exact) mass is 404 g/mol. The minimum absolute atomic E-state index is 0.300. The number of rotatable bonds is 7. The second kappa shape index (κ2) is 9.03. The van der Waals surface area contributed by atoms with E-state index < -0.39 is 5.97 Å². The number of carbonyl (C=O) groups is 2. The fourth-order valence-electron chi connectivity index (χ4n) is 2.02. The van der Waals surface area contributed by atoms with Crippen molar-refractivity contribution in [2.24, 2.45) is 0 Å². The van der Waals surface area contributed by atoms with E-state index >= 15 is 0 Å². The fraction of sp³-hybridized carbons (Fsp3) is 0.158. The van der Waals surface area contributed by atoms with Crippen LogP contribution in [0, 0.1) is 0 Å². The van der Waals surface area contributed by atoms with Gasteiger partial charge in [0.25, 0.3) is 0 Å². The number of ketones is 1. The molecular formula is C19H17BrO5. The molecule has 0 saturated carbocycles. The standard InChI is InChI=1S/C19H17BrO5/c1-23-15-5-3-4-13(10-15)6-9-19(22)25-12-17(21)14-7-8-18(24-2)16(20)11-14/h3-11H,12H2,1-2H3/b9-6+. The summed E-state index contributed by atoms with van der Waals surface area (Å²) in [4.78, 5) is 23.8. The van der Waals surface area contributed by atoms with Gasteiger partial charge in [-0.2, -0.15) is 0 Å². The third-order valence-corrected chi connectivity index (χ3v) is 3.94. The Balaban J connectivity index is 1.91. The van der Waals surface area contributed by atoms with E-state index in [2.05, 4.69) is 15.9 Å². The minimum Gasteiger partial charge on any atom is -0.497 e. The van der Waals surface area contributed by atoms with E-state index in [0.717, 1.165) is 5.56 Å². The summed E-state index contributed by atoms with van der Waals surface area (Å²) >= 11 is 3.31. The van der Waals surface area contributed by atoms with Gasteiger partial charge in [-0.05, 0) is 57.9 Å². The van der Waals surface area contributed by atoms with Gasteiger partial charge in [0.15, 0.2) is 12.4 Å². The lowest BCUT2D eigenvalue weighted by Gasteiger charge is -2.06. The highest BCUT2D eigenvalue weighted by Gasteiger charge is 2.11. The van der Waals surface area contributed by atoms with E-state index in [4.69, 9.17) is 14.2 Å². The molecule has 0 radical (unpaired) electrons. The van der Waals surface area contributed by atoms with Gasteiger partial charge in [-0.3, -0.25) is 4.79 Å². The molecule has 0 aliphatic rings. The van der Waals surface area contributed by atoms with Gasteiger partial charge in [0.2, 0.25) is 0 Å². The summed E-state index contributed by atoms with van der Waals surface area (Å²) in [7, 11) is 3.11. The zero-order valence-electron chi connectivity index (χ0n) is 13.8. The first-order chi connectivity index (χ1) is 12.0. The van der Waals surface area contributed by atoms with Crippen molar-refractivity contribution in [2.45, 2.75) is 0 Å². The summed E-state index contributed by atoms with van der Waals surface area (Å²) in [6, 6.07) is 12.1. The van der Waals surface area contributed by atoms with Gasteiger partial charge in [-0.25, -0.2) is 4.79 Å². The topological polar surface area (TPSA) is 61.8 Å². The number of Topliss-reactive ketones (excluding diaryl/α,β-unsaturated/α-hetero) is 1. The van der Waals surface area contributed by atoms with Gasteiger partial charge < -0.3 is 14.2 Å². The van der Waals surface area contributed by atoms with Gasteiger partial charge in [0, 0.05) is 11.6 Å². The van der Waals surface area contributed by atoms with Crippen LogP contribution in [0.25, 0.3) is 6.08 Å². The number of halogens is 1. The smallest absolute Gasteiger partial charge is 0.331 e. The first-order valence-corrected chi connectivity index (χ1v) is 8.18. The van der Waals surface area contributed by atoms with Crippen LogP contribution in [0.5, 0.6) is 11.5 Å². The number of ether oxygens (including phenoxy) is 3. The predicted octanol–water partition coefficient (Wildman–Crippen LogP) is 3.91. The van der Waals surface area contributed by atoms with Crippen molar-refractivity contribution in [2.75, 3.05) is 20.8 Å². The molecule has 0 aromatic heterocycles. The van der Waals surface area contributed by atoms with Crippen LogP contribution in [0.3, 0.4) is 0 Å². The van der Waals surface area contributed by atoms with Crippen LogP contribution < -0.4 is 9.47 Å². The van der Waals surface area contributed by atoms with E-state index in [1.54, 1.807) is 43.5 Å². The SMILES string of the molecule is COc1cccc(/C=C/C(=O)OCC(=O)c2ccc(OC)c(Br)c2)c1. The highest BCUT2D eigenvalue weighted by molar-refractivity contribution is 9.10. The van der Waals surface area contributed by atoms with E-state index in [1.807, 2.05) is 12.1 Å². The Labute approximate surface area is 154 Å². The Morgan fingerprint density at radius 2 is 1.88 bits per heavy atom. The number of benzene rings is 2. The molecule has 0 aliphatic carbocycles. The van der Waals surface area contributed by atoms with Crippen molar-refractivity contribution in [3.8, 4) is 11.5 Å². The molecule has 0 atom stereocenters. The van der Waals surface area contributed by atoms with Crippen LogP contribution in [0.2, 0.25) is 0 Å². The van der Waals surface area contributed by atoms with Crippen LogP contribution in [0.15, 0.2) is 53.0 Å². The Morgan fingerprint density at radius 1 is 1.08 bits per heavy atom. The summed E-state index contributed by atoms with van der Waals surface area (Å²) in [5.74, 6) is 0.417. The second-order valence-corrected chi connectivity index (χ2v) is 5.84. The van der Waals surface area contributed by atoms with Crippen molar-refractivity contribution in [1.82, 2.24) is 0 Å². The molecule has 0 spiro atoms. The molecule has 0 fully saturated rings. The third kappa shape index (κ3) is 5.46. The number of carbonyl (C=O) groups excluding carboxylic acids is 2. The molecule has 0 bridgehead atoms. The molecule has 6 heteroatoms. The molecule has 0 aliphatic heterocycles. The van der Waals surface area contributed by atoms with Crippen LogP contribution >= 0.6 is 15.9 Å². The van der Waals surface area contributed by atoms with Crippen molar-refractivity contribution in [3.05, 3.63) is 64.1 Å². The van der Waals surface area contributed by atoms with Crippen LogP contribution in [-0.4, -0.2) is 32.6 Å². The minimum atomic E-state index is -0.594. The first-order valence-electron chi connectivity index (χ1n) is 7.39. The third-order valence-electron chi connectivity index (χ3n) is 3.32. The molecule has 2 aromatic carbocycles. The van der Waals surface area contributed by atoms with Gasteiger partial charge >= 0.3 is 5.97 Å². The summed E-state index contributed by atoms with van der Waals surface area (Å²) < 4.78 is 15.9. The highest BCUT2D eigenvalue weighted by atomic mass is 79.9. The number of hydrogen-bond acceptors (Lipinski definition) is 5. The summed E-state index contributed by atoms with van der Waals surface area (Å²) in [6.45, 7) is -0.333. The lowest BCUT2D eigenvalue weighted by atomic mass is 10.1. The molecule has 25 heavy (non-hydrogen) atoms. The molecule has 2 aromatic rings. The molecule has 0 heterocycles. The molecule has 0 N–H and O–H groups in total. The molecular weight excluding hydrogens is 388 g/mol. The summed E-state index contributed by atoms with van der Waals surface area (Å²) in [6.07, 6.45) is 2.87. The molecule has 2 rings (SSSR count). The zero-order valence-corrected chi connectivity index (χ0v) is 15.4. The Kier molecular flexibility index (Phi) is 6.77. The highest BCUT2D eigenvalue weighted by Crippen LogP contribution is 2.25. The molecule has 130 valence electrons. The van der Waals surface area contributed by atoms with Crippen LogP contribution in [-0.2, 0) is 9.53 Å². The average molecular weight is 405 g/mol. The largest absolute Gasteiger partial charge is 0.497 e. The molecule has 0 amide bonds. The van der Waals surface area contributed by atoms with Crippen molar-refractivity contribution in [1.29, 1.82) is 0 Å². The predicted molar refractivity (Wildman–Crippen MR) is 98.0 cm³/mol. The van der Waals surface area contributed by atoms with E-state index in [9.17, 15) is 9.59 Å². The maximum Gasteiger partial charge on any atom is 0.331 e. The van der Waals surface area contributed by atoms with Gasteiger partial charge in [-0.15, -0.1) is 0 Å². The zero-order chi connectivity index (χ0) is 18.2. The quantitative estimate of drug-likeness (QED) is 0.397. The first kappa shape index (κ1) is 18.7. The molecule has 0 unspecified atom stereocenters. The van der Waals surface area contributed by atoms with Gasteiger partial charge in [-0.1, -0.05) is 12.1 Å². The van der Waals surface area contributed by atoms with Crippen molar-refractivity contribution >= 4 is 33.8 Å². The second-order valence-electron chi connectivity index (χ2n) is 4.99. The van der Waals surface area contributed by atoms with Gasteiger partial charge in [0.05, 0.1) is 18.7 Å². The number of esters is 1. The maximum absolute atomic E-state index is 12.1. The van der Waals surface area contributed by atoms with E-state index in [-0.39, 0.29) is 12.4 Å². The Bertz CT molecular complexity index is 798. The van der Waals surface area contributed by atoms with Crippen molar-refractivity contribution in [3.63, 3.8) is 0 Å². The number of hydrogen-bond donors (Lipinski definition) is 0.